The van der Waals surface area contributed by atoms with Crippen LogP contribution < -0.4 is 0 Å². The van der Waals surface area contributed by atoms with Crippen molar-refractivity contribution in [3.05, 3.63) is 59.7 Å². The molecule has 0 radical (unpaired) electrons. The fraction of sp³-hybridized carbons (Fsp3) is 0.176. The van der Waals surface area contributed by atoms with Crippen LogP contribution in [0.1, 0.15) is 29.3 Å². The Hall–Kier alpha value is -2.31. The molecule has 3 nitrogen and oxygen atoms in total. The van der Waals surface area contributed by atoms with E-state index in [2.05, 4.69) is 6.07 Å². The largest absolute Gasteiger partial charge is 0.481 e. The molecule has 1 atom stereocenters. The summed E-state index contributed by atoms with van der Waals surface area (Å²) in [4.78, 5) is 10.6. The molecule has 2 aromatic carbocycles. The SMILES string of the molecule is N#Cc1cc(C(Cl)CCC(=O)O)ccc1-c1ccccc1. The highest BCUT2D eigenvalue weighted by atomic mass is 35.5. The minimum Gasteiger partial charge on any atom is -0.481 e. The quantitative estimate of drug-likeness (QED) is 0.834. The van der Waals surface area contributed by atoms with Crippen LogP contribution >= 0.6 is 11.6 Å². The van der Waals surface area contributed by atoms with E-state index >= 15 is 0 Å². The van der Waals surface area contributed by atoms with Crippen LogP contribution in [0.3, 0.4) is 0 Å². The first-order valence-corrected chi connectivity index (χ1v) is 7.01. The third-order valence-corrected chi connectivity index (χ3v) is 3.69. The predicted octanol–water partition coefficient (Wildman–Crippen LogP) is 4.37. The maximum Gasteiger partial charge on any atom is 0.303 e. The third kappa shape index (κ3) is 3.84. The molecule has 0 aromatic heterocycles. The molecule has 0 aliphatic carbocycles. The lowest BCUT2D eigenvalue weighted by Crippen LogP contribution is -1.99. The van der Waals surface area contributed by atoms with Gasteiger partial charge >= 0.3 is 5.97 Å². The number of alkyl halides is 1. The number of hydrogen-bond acceptors (Lipinski definition) is 2. The summed E-state index contributed by atoms with van der Waals surface area (Å²) in [5.74, 6) is -0.873. The van der Waals surface area contributed by atoms with Gasteiger partial charge < -0.3 is 5.11 Å². The van der Waals surface area contributed by atoms with Crippen LogP contribution in [0.2, 0.25) is 0 Å². The van der Waals surface area contributed by atoms with Crippen molar-refractivity contribution in [2.45, 2.75) is 18.2 Å². The Morgan fingerprint density at radius 3 is 2.57 bits per heavy atom. The van der Waals surface area contributed by atoms with E-state index in [4.69, 9.17) is 16.7 Å². The van der Waals surface area contributed by atoms with Crippen molar-refractivity contribution in [1.29, 1.82) is 5.26 Å². The molecule has 4 heteroatoms. The van der Waals surface area contributed by atoms with Gasteiger partial charge in [0.05, 0.1) is 17.0 Å². The first kappa shape index (κ1) is 15.1. The Labute approximate surface area is 128 Å². The minimum atomic E-state index is -0.873. The molecule has 2 aromatic rings. The number of carboxylic acid groups (broad SMARTS) is 1. The van der Waals surface area contributed by atoms with Gasteiger partial charge in [0.1, 0.15) is 0 Å². The molecule has 106 valence electrons. The molecule has 0 bridgehead atoms. The van der Waals surface area contributed by atoms with E-state index in [1.165, 1.54) is 0 Å². The van der Waals surface area contributed by atoms with E-state index in [-0.39, 0.29) is 6.42 Å². The molecule has 21 heavy (non-hydrogen) atoms. The summed E-state index contributed by atoms with van der Waals surface area (Å²) in [5, 5.41) is 17.6. The lowest BCUT2D eigenvalue weighted by molar-refractivity contribution is -0.137. The zero-order valence-corrected chi connectivity index (χ0v) is 12.0. The molecule has 1 unspecified atom stereocenters. The number of benzene rings is 2. The Balaban J connectivity index is 2.29. The summed E-state index contributed by atoms with van der Waals surface area (Å²) in [6.07, 6.45) is 0.350. The number of halogens is 1. The summed E-state index contributed by atoms with van der Waals surface area (Å²) in [7, 11) is 0. The van der Waals surface area contributed by atoms with Crippen LogP contribution in [0.15, 0.2) is 48.5 Å². The second-order valence-electron chi connectivity index (χ2n) is 4.68. The Kier molecular flexibility index (Phi) is 4.97. The predicted molar refractivity (Wildman–Crippen MR) is 82.1 cm³/mol. The highest BCUT2D eigenvalue weighted by Crippen LogP contribution is 2.30. The van der Waals surface area contributed by atoms with Gasteiger partial charge in [0.15, 0.2) is 0 Å². The molecular weight excluding hydrogens is 286 g/mol. The normalized spacial score (nSPS) is 11.6. The fourth-order valence-corrected chi connectivity index (χ4v) is 2.38. The molecule has 0 heterocycles. The van der Waals surface area contributed by atoms with Gasteiger partial charge in [-0.3, -0.25) is 4.79 Å². The number of rotatable bonds is 5. The maximum atomic E-state index is 10.6. The van der Waals surface area contributed by atoms with Crippen molar-refractivity contribution in [3.63, 3.8) is 0 Å². The van der Waals surface area contributed by atoms with Gasteiger partial charge in [-0.25, -0.2) is 0 Å². The topological polar surface area (TPSA) is 61.1 Å². The monoisotopic (exact) mass is 299 g/mol. The van der Waals surface area contributed by atoms with Gasteiger partial charge in [-0.2, -0.15) is 5.26 Å². The van der Waals surface area contributed by atoms with Gasteiger partial charge in [-0.15, -0.1) is 11.6 Å². The summed E-state index contributed by atoms with van der Waals surface area (Å²) in [6, 6.07) is 17.3. The van der Waals surface area contributed by atoms with Crippen molar-refractivity contribution < 1.29 is 9.90 Å². The molecule has 1 N–H and O–H groups in total. The molecule has 2 rings (SSSR count). The highest BCUT2D eigenvalue weighted by molar-refractivity contribution is 6.20. The number of carbonyl (C=O) groups is 1. The van der Waals surface area contributed by atoms with E-state index in [1.54, 1.807) is 6.07 Å². The van der Waals surface area contributed by atoms with Crippen molar-refractivity contribution in [2.75, 3.05) is 0 Å². The maximum absolute atomic E-state index is 10.6. The summed E-state index contributed by atoms with van der Waals surface area (Å²) in [5.41, 5.74) is 3.13. The lowest BCUT2D eigenvalue weighted by atomic mass is 9.96. The molecule has 0 aliphatic rings. The van der Waals surface area contributed by atoms with Crippen molar-refractivity contribution in [1.82, 2.24) is 0 Å². The Bertz CT molecular complexity index is 677. The van der Waals surface area contributed by atoms with Gasteiger partial charge in [-0.1, -0.05) is 42.5 Å². The van der Waals surface area contributed by atoms with Crippen LogP contribution in [-0.2, 0) is 4.79 Å². The number of nitriles is 1. The van der Waals surface area contributed by atoms with Crippen LogP contribution in [0, 0.1) is 11.3 Å². The Morgan fingerprint density at radius 2 is 1.95 bits per heavy atom. The molecular formula is C17H14ClNO2. The average Bonchev–Trinajstić information content (AvgIpc) is 2.52. The smallest absolute Gasteiger partial charge is 0.303 e. The number of carboxylic acids is 1. The van der Waals surface area contributed by atoms with Crippen molar-refractivity contribution in [2.24, 2.45) is 0 Å². The van der Waals surface area contributed by atoms with Gasteiger partial charge in [-0.05, 0) is 29.2 Å². The summed E-state index contributed by atoms with van der Waals surface area (Å²) >= 11 is 6.20. The first-order valence-electron chi connectivity index (χ1n) is 6.57. The second-order valence-corrected chi connectivity index (χ2v) is 5.21. The standard InChI is InChI=1S/C17H14ClNO2/c18-16(8-9-17(20)21)13-6-7-15(14(10-13)11-19)12-4-2-1-3-5-12/h1-7,10,16H,8-9H2,(H,20,21). The van der Waals surface area contributed by atoms with E-state index < -0.39 is 11.3 Å². The number of hydrogen-bond donors (Lipinski definition) is 1. The molecule has 0 aliphatic heterocycles. The molecule has 0 saturated heterocycles. The van der Waals surface area contributed by atoms with E-state index in [0.717, 1.165) is 16.7 Å². The first-order chi connectivity index (χ1) is 10.1. The van der Waals surface area contributed by atoms with Crippen LogP contribution in [-0.4, -0.2) is 11.1 Å². The van der Waals surface area contributed by atoms with Gasteiger partial charge in [0.25, 0.3) is 0 Å². The summed E-state index contributed by atoms with van der Waals surface area (Å²) < 4.78 is 0. The van der Waals surface area contributed by atoms with E-state index in [0.29, 0.717) is 12.0 Å². The van der Waals surface area contributed by atoms with E-state index in [9.17, 15) is 10.1 Å². The van der Waals surface area contributed by atoms with Gasteiger partial charge in [0, 0.05) is 6.42 Å². The second kappa shape index (κ2) is 6.92. The van der Waals surface area contributed by atoms with Crippen LogP contribution in [0.5, 0.6) is 0 Å². The van der Waals surface area contributed by atoms with Crippen LogP contribution in [0.25, 0.3) is 11.1 Å². The molecule has 0 saturated carbocycles. The van der Waals surface area contributed by atoms with E-state index in [1.807, 2.05) is 42.5 Å². The molecule has 0 amide bonds. The fourth-order valence-electron chi connectivity index (χ4n) is 2.14. The Morgan fingerprint density at radius 1 is 1.24 bits per heavy atom. The highest BCUT2D eigenvalue weighted by Gasteiger charge is 2.13. The average molecular weight is 300 g/mol. The number of aliphatic carboxylic acids is 1. The van der Waals surface area contributed by atoms with Crippen LogP contribution in [0.4, 0.5) is 0 Å². The zero-order chi connectivity index (χ0) is 15.2. The van der Waals surface area contributed by atoms with Crippen molar-refractivity contribution in [3.8, 4) is 17.2 Å². The van der Waals surface area contributed by atoms with Gasteiger partial charge in [0.2, 0.25) is 0 Å². The molecule has 0 spiro atoms. The lowest BCUT2D eigenvalue weighted by Gasteiger charge is -2.11. The third-order valence-electron chi connectivity index (χ3n) is 3.22. The zero-order valence-electron chi connectivity index (χ0n) is 11.3. The minimum absolute atomic E-state index is 0.0104. The molecule has 0 fully saturated rings. The van der Waals surface area contributed by atoms with Crippen molar-refractivity contribution >= 4 is 17.6 Å². The number of nitrogens with zero attached hydrogens (tertiary/aromatic N) is 1. The summed E-state index contributed by atoms with van der Waals surface area (Å²) in [6.45, 7) is 0.